The molecule has 0 radical (unpaired) electrons. The van der Waals surface area contributed by atoms with Crippen LogP contribution in [0.25, 0.3) is 0 Å². The first kappa shape index (κ1) is 10.9. The van der Waals surface area contributed by atoms with Gasteiger partial charge in [0.1, 0.15) is 4.60 Å². The molecule has 0 aliphatic rings. The summed E-state index contributed by atoms with van der Waals surface area (Å²) in [4.78, 5) is 4.18. The summed E-state index contributed by atoms with van der Waals surface area (Å²) in [5.74, 6) is 0. The van der Waals surface area contributed by atoms with Gasteiger partial charge in [-0.05, 0) is 34.5 Å². The van der Waals surface area contributed by atoms with E-state index in [9.17, 15) is 0 Å². The monoisotopic (exact) mass is 236 g/mol. The molecule has 1 aromatic rings. The van der Waals surface area contributed by atoms with Crippen LogP contribution in [0, 0.1) is 6.92 Å². The second kappa shape index (κ2) is 4.70. The number of pyridine rings is 1. The Bertz CT molecular complexity index is 240. The quantitative estimate of drug-likeness (QED) is 0.759. The number of rotatable bonds is 1. The molecule has 0 unspecified atom stereocenters. The van der Waals surface area contributed by atoms with E-state index in [0.29, 0.717) is 6.54 Å². The molecular formula is C7H10BrClN2. The van der Waals surface area contributed by atoms with Crippen LogP contribution in [0.5, 0.6) is 0 Å². The van der Waals surface area contributed by atoms with Crippen LogP contribution < -0.4 is 5.73 Å². The second-order valence-electron chi connectivity index (χ2n) is 2.10. The molecule has 0 saturated carbocycles. The summed E-state index contributed by atoms with van der Waals surface area (Å²) in [6.45, 7) is 2.51. The zero-order valence-electron chi connectivity index (χ0n) is 6.17. The van der Waals surface area contributed by atoms with Crippen molar-refractivity contribution in [2.45, 2.75) is 13.5 Å². The summed E-state index contributed by atoms with van der Waals surface area (Å²) in [5.41, 5.74) is 7.53. The van der Waals surface area contributed by atoms with Gasteiger partial charge < -0.3 is 5.73 Å². The summed E-state index contributed by atoms with van der Waals surface area (Å²) in [7, 11) is 0. The minimum absolute atomic E-state index is 0. The first-order valence-corrected chi connectivity index (χ1v) is 3.85. The lowest BCUT2D eigenvalue weighted by Gasteiger charge is -2.00. The molecule has 0 aliphatic heterocycles. The van der Waals surface area contributed by atoms with Gasteiger partial charge in [0.2, 0.25) is 0 Å². The Morgan fingerprint density at radius 2 is 2.18 bits per heavy atom. The van der Waals surface area contributed by atoms with Gasteiger partial charge in [-0.1, -0.05) is 6.07 Å². The summed E-state index contributed by atoms with van der Waals surface area (Å²) in [6, 6.07) is 3.91. The first-order chi connectivity index (χ1) is 4.74. The molecule has 11 heavy (non-hydrogen) atoms. The molecule has 4 heteroatoms. The molecule has 0 spiro atoms. The van der Waals surface area contributed by atoms with Crippen molar-refractivity contribution in [3.05, 3.63) is 28.0 Å². The van der Waals surface area contributed by atoms with Crippen molar-refractivity contribution in [2.24, 2.45) is 5.73 Å². The minimum atomic E-state index is 0. The summed E-state index contributed by atoms with van der Waals surface area (Å²) in [6.07, 6.45) is 0. The van der Waals surface area contributed by atoms with Crippen molar-refractivity contribution in [3.8, 4) is 0 Å². The largest absolute Gasteiger partial charge is 0.325 e. The number of halogens is 2. The molecule has 0 amide bonds. The smallest absolute Gasteiger partial charge is 0.106 e. The topological polar surface area (TPSA) is 38.9 Å². The molecule has 2 N–H and O–H groups in total. The van der Waals surface area contributed by atoms with Gasteiger partial charge in [0.25, 0.3) is 0 Å². The van der Waals surface area contributed by atoms with Crippen molar-refractivity contribution in [2.75, 3.05) is 0 Å². The molecule has 1 rings (SSSR count). The Morgan fingerprint density at radius 1 is 1.55 bits per heavy atom. The molecule has 1 aromatic heterocycles. The van der Waals surface area contributed by atoms with Crippen molar-refractivity contribution in [1.82, 2.24) is 4.98 Å². The van der Waals surface area contributed by atoms with E-state index < -0.39 is 0 Å². The Morgan fingerprint density at radius 3 is 2.64 bits per heavy atom. The maximum Gasteiger partial charge on any atom is 0.106 e. The number of aromatic nitrogens is 1. The van der Waals surface area contributed by atoms with Gasteiger partial charge in [-0.2, -0.15) is 0 Å². The second-order valence-corrected chi connectivity index (χ2v) is 2.91. The van der Waals surface area contributed by atoms with Crippen LogP contribution in [0.4, 0.5) is 0 Å². The molecule has 1 heterocycles. The average molecular weight is 238 g/mol. The summed E-state index contributed by atoms with van der Waals surface area (Å²) < 4.78 is 0.846. The highest BCUT2D eigenvalue weighted by molar-refractivity contribution is 9.10. The minimum Gasteiger partial charge on any atom is -0.325 e. The van der Waals surface area contributed by atoms with E-state index >= 15 is 0 Å². The zero-order valence-corrected chi connectivity index (χ0v) is 8.58. The molecule has 0 bridgehead atoms. The van der Waals surface area contributed by atoms with E-state index in [1.54, 1.807) is 0 Å². The van der Waals surface area contributed by atoms with Gasteiger partial charge in [-0.3, -0.25) is 0 Å². The van der Waals surface area contributed by atoms with E-state index in [-0.39, 0.29) is 12.4 Å². The summed E-state index contributed by atoms with van der Waals surface area (Å²) >= 11 is 3.27. The molecule has 0 fully saturated rings. The van der Waals surface area contributed by atoms with Crippen molar-refractivity contribution < 1.29 is 0 Å². The highest BCUT2D eigenvalue weighted by atomic mass is 79.9. The molecule has 62 valence electrons. The zero-order chi connectivity index (χ0) is 7.56. The molecule has 0 saturated heterocycles. The van der Waals surface area contributed by atoms with Gasteiger partial charge in [0.15, 0.2) is 0 Å². The van der Waals surface area contributed by atoms with Crippen LogP contribution in [0.15, 0.2) is 16.7 Å². The molecule has 0 aromatic carbocycles. The first-order valence-electron chi connectivity index (χ1n) is 3.06. The third kappa shape index (κ3) is 2.77. The Balaban J connectivity index is 0.000001000. The van der Waals surface area contributed by atoms with Gasteiger partial charge in [0, 0.05) is 6.54 Å². The maximum absolute atomic E-state index is 5.44. The molecule has 0 aliphatic carbocycles. The maximum atomic E-state index is 5.44. The fourth-order valence-electron chi connectivity index (χ4n) is 0.751. The average Bonchev–Trinajstić information content (AvgIpc) is 1.94. The molecular weight excluding hydrogens is 227 g/mol. The van der Waals surface area contributed by atoms with Crippen molar-refractivity contribution >= 4 is 28.3 Å². The van der Waals surface area contributed by atoms with Crippen LogP contribution in [-0.2, 0) is 6.54 Å². The van der Waals surface area contributed by atoms with E-state index in [4.69, 9.17) is 5.73 Å². The Labute approximate surface area is 80.7 Å². The number of nitrogens with zero attached hydrogens (tertiary/aromatic N) is 1. The lowest BCUT2D eigenvalue weighted by atomic mass is 10.2. The van der Waals surface area contributed by atoms with Gasteiger partial charge >= 0.3 is 0 Å². The van der Waals surface area contributed by atoms with E-state index in [0.717, 1.165) is 15.9 Å². The normalized spacial score (nSPS) is 9.00. The van der Waals surface area contributed by atoms with Gasteiger partial charge in [-0.15, -0.1) is 12.4 Å². The van der Waals surface area contributed by atoms with Crippen LogP contribution in [0.1, 0.15) is 11.3 Å². The highest BCUT2D eigenvalue weighted by Crippen LogP contribution is 2.09. The van der Waals surface area contributed by atoms with Crippen LogP contribution in [0.2, 0.25) is 0 Å². The number of hydrogen-bond donors (Lipinski definition) is 1. The van der Waals surface area contributed by atoms with E-state index in [1.165, 1.54) is 0 Å². The lowest BCUT2D eigenvalue weighted by Crippen LogP contribution is -2.01. The van der Waals surface area contributed by atoms with Crippen molar-refractivity contribution in [3.63, 3.8) is 0 Å². The Kier molecular flexibility index (Phi) is 4.65. The van der Waals surface area contributed by atoms with Crippen molar-refractivity contribution in [1.29, 1.82) is 0 Å². The van der Waals surface area contributed by atoms with Gasteiger partial charge in [-0.25, -0.2) is 4.98 Å². The van der Waals surface area contributed by atoms with Crippen LogP contribution >= 0.6 is 28.3 Å². The molecule has 0 atom stereocenters. The van der Waals surface area contributed by atoms with Crippen LogP contribution in [-0.4, -0.2) is 4.98 Å². The van der Waals surface area contributed by atoms with Crippen LogP contribution in [0.3, 0.4) is 0 Å². The number of aryl methyl sites for hydroxylation is 1. The fourth-order valence-corrected chi connectivity index (χ4v) is 1.10. The highest BCUT2D eigenvalue weighted by Gasteiger charge is 1.96. The predicted octanol–water partition coefficient (Wildman–Crippen LogP) is 2.03. The fraction of sp³-hybridized carbons (Fsp3) is 0.286. The predicted molar refractivity (Wildman–Crippen MR) is 51.8 cm³/mol. The third-order valence-corrected chi connectivity index (χ3v) is 1.80. The molecule has 2 nitrogen and oxygen atoms in total. The van der Waals surface area contributed by atoms with E-state index in [2.05, 4.69) is 20.9 Å². The Hall–Kier alpha value is -0.120. The SMILES string of the molecule is Cc1ccc(Br)nc1CN.Cl. The lowest BCUT2D eigenvalue weighted by molar-refractivity contribution is 0.958. The number of hydrogen-bond acceptors (Lipinski definition) is 2. The van der Waals surface area contributed by atoms with Gasteiger partial charge in [0.05, 0.1) is 5.69 Å². The number of nitrogens with two attached hydrogens (primary N) is 1. The summed E-state index contributed by atoms with van der Waals surface area (Å²) in [5, 5.41) is 0. The van der Waals surface area contributed by atoms with E-state index in [1.807, 2.05) is 19.1 Å². The third-order valence-electron chi connectivity index (χ3n) is 1.36. The standard InChI is InChI=1S/C7H9BrN2.ClH/c1-5-2-3-7(8)10-6(5)4-9;/h2-3H,4,9H2,1H3;1H.